The van der Waals surface area contributed by atoms with Gasteiger partial charge in [-0.3, -0.25) is 0 Å². The van der Waals surface area contributed by atoms with Crippen LogP contribution in [0.25, 0.3) is 0 Å². The van der Waals surface area contributed by atoms with Crippen molar-refractivity contribution >= 4 is 25.3 Å². The molecule has 0 aliphatic rings. The summed E-state index contributed by atoms with van der Waals surface area (Å²) in [6.07, 6.45) is 0. The van der Waals surface area contributed by atoms with Gasteiger partial charge in [-0.15, -0.1) is 0 Å². The van der Waals surface area contributed by atoms with Crippen LogP contribution in [-0.2, 0) is 11.4 Å². The first-order valence-corrected chi connectivity index (χ1v) is 4.72. The number of hydrogen-bond donors (Lipinski definition) is 2. The van der Waals surface area contributed by atoms with E-state index in [-0.39, 0.29) is 22.6 Å². The van der Waals surface area contributed by atoms with Gasteiger partial charge in [-0.1, -0.05) is 0 Å². The van der Waals surface area contributed by atoms with Crippen molar-refractivity contribution in [3.05, 3.63) is 23.3 Å². The Hall–Kier alpha value is -0.480. The van der Waals surface area contributed by atoms with Gasteiger partial charge < -0.3 is 9.47 Å². The zero-order valence-corrected chi connectivity index (χ0v) is 9.65. The fourth-order valence-corrected chi connectivity index (χ4v) is 1.42. The van der Waals surface area contributed by atoms with Crippen LogP contribution in [0.3, 0.4) is 0 Å². The zero-order chi connectivity index (χ0) is 14.1. The molecule has 14 heavy (non-hydrogen) atoms. The lowest BCUT2D eigenvalue weighted by atomic mass is 10.1. The minimum atomic E-state index is -1.92. The van der Waals surface area contributed by atoms with Gasteiger partial charge in [0.2, 0.25) is 0 Å². The number of ether oxygens (including phenoxy) is 2. The second-order valence-corrected chi connectivity index (χ2v) is 2.92. The SMILES string of the molecule is [2H]C([2H])(S)c1cc(OC)c(C([2H])([2H])S)cc1OC. The monoisotopic (exact) mass is 234 g/mol. The summed E-state index contributed by atoms with van der Waals surface area (Å²) < 4.78 is 40.5. The first-order chi connectivity index (χ1) is 8.11. The summed E-state index contributed by atoms with van der Waals surface area (Å²) in [6, 6.07) is 2.74. The van der Waals surface area contributed by atoms with Crippen LogP contribution in [0.1, 0.15) is 16.6 Å². The number of rotatable bonds is 4. The Labute approximate surface area is 101 Å². The predicted octanol–water partition coefficient (Wildman–Crippen LogP) is 2.56. The highest BCUT2D eigenvalue weighted by Gasteiger charge is 2.08. The van der Waals surface area contributed by atoms with E-state index in [9.17, 15) is 0 Å². The molecule has 0 aromatic heterocycles. The molecule has 78 valence electrons. The van der Waals surface area contributed by atoms with E-state index < -0.39 is 11.4 Å². The van der Waals surface area contributed by atoms with Crippen molar-refractivity contribution < 1.29 is 15.0 Å². The van der Waals surface area contributed by atoms with Gasteiger partial charge in [0.25, 0.3) is 0 Å². The molecule has 0 heterocycles. The van der Waals surface area contributed by atoms with Crippen LogP contribution >= 0.6 is 25.3 Å². The molecule has 0 amide bonds. The van der Waals surface area contributed by atoms with Crippen LogP contribution in [0.5, 0.6) is 11.5 Å². The third kappa shape index (κ3) is 2.30. The standard InChI is InChI=1S/C10H14O2S2/c1-11-9-3-8(6-14)10(12-2)4-7(9)5-13/h3-4,13-14H,5-6H2,1-2H3/i5D2,6D2. The summed E-state index contributed by atoms with van der Waals surface area (Å²) in [4.78, 5) is 0. The lowest BCUT2D eigenvalue weighted by molar-refractivity contribution is 0.397. The van der Waals surface area contributed by atoms with Crippen LogP contribution in [0.2, 0.25) is 0 Å². The van der Waals surface area contributed by atoms with E-state index >= 15 is 0 Å². The van der Waals surface area contributed by atoms with Crippen LogP contribution in [0.15, 0.2) is 12.1 Å². The number of thiol groups is 2. The molecule has 4 heteroatoms. The lowest BCUT2D eigenvalue weighted by Gasteiger charge is -2.12. The topological polar surface area (TPSA) is 18.5 Å². The van der Waals surface area contributed by atoms with Crippen molar-refractivity contribution in [1.29, 1.82) is 0 Å². The molecule has 0 N–H and O–H groups in total. The van der Waals surface area contributed by atoms with E-state index in [4.69, 9.17) is 15.0 Å². The average molecular weight is 234 g/mol. The number of benzene rings is 1. The van der Waals surface area contributed by atoms with Crippen molar-refractivity contribution in [2.45, 2.75) is 11.4 Å². The molecular formula is C10H14O2S2. The van der Waals surface area contributed by atoms with Crippen LogP contribution in [-0.4, -0.2) is 14.2 Å². The Morgan fingerprint density at radius 3 is 1.64 bits per heavy atom. The van der Waals surface area contributed by atoms with Gasteiger partial charge in [-0.25, -0.2) is 0 Å². The molecule has 0 unspecified atom stereocenters. The second-order valence-electron chi connectivity index (χ2n) is 2.48. The third-order valence-corrected chi connectivity index (χ3v) is 2.24. The molecule has 2 nitrogen and oxygen atoms in total. The van der Waals surface area contributed by atoms with Crippen molar-refractivity contribution in [2.75, 3.05) is 14.2 Å². The fraction of sp³-hybridized carbons (Fsp3) is 0.400. The van der Waals surface area contributed by atoms with Crippen LogP contribution in [0.4, 0.5) is 0 Å². The lowest BCUT2D eigenvalue weighted by Crippen LogP contribution is -1.95. The predicted molar refractivity (Wildman–Crippen MR) is 64.9 cm³/mol. The molecule has 0 spiro atoms. The highest BCUT2D eigenvalue weighted by Crippen LogP contribution is 2.30. The minimum absolute atomic E-state index is 0.173. The van der Waals surface area contributed by atoms with E-state index in [2.05, 4.69) is 25.3 Å². The van der Waals surface area contributed by atoms with Gasteiger partial charge in [-0.05, 0) is 12.1 Å². The highest BCUT2D eigenvalue weighted by atomic mass is 32.1. The number of methoxy groups -OCH3 is 2. The molecule has 0 aliphatic heterocycles. The van der Waals surface area contributed by atoms with Gasteiger partial charge in [0.05, 0.1) is 14.2 Å². The normalized spacial score (nSPS) is 16.3. The van der Waals surface area contributed by atoms with Crippen LogP contribution < -0.4 is 9.47 Å². The molecule has 0 bridgehead atoms. The summed E-state index contributed by atoms with van der Waals surface area (Å²) in [5.74, 6) is 0.396. The largest absolute Gasteiger partial charge is 0.496 e. The maximum Gasteiger partial charge on any atom is 0.123 e. The van der Waals surface area contributed by atoms with E-state index in [0.717, 1.165) is 0 Å². The van der Waals surface area contributed by atoms with E-state index in [0.29, 0.717) is 0 Å². The first kappa shape index (κ1) is 6.90. The maximum absolute atomic E-state index is 7.60. The smallest absolute Gasteiger partial charge is 0.123 e. The Balaban J connectivity index is 3.52. The van der Waals surface area contributed by atoms with Gasteiger partial charge >= 0.3 is 0 Å². The minimum Gasteiger partial charge on any atom is -0.496 e. The maximum atomic E-state index is 7.60. The molecule has 0 atom stereocenters. The highest BCUT2D eigenvalue weighted by molar-refractivity contribution is 7.79. The van der Waals surface area contributed by atoms with Gasteiger partial charge in [0, 0.05) is 28.0 Å². The molecule has 1 aromatic rings. The third-order valence-electron chi connectivity index (χ3n) is 1.76. The molecular weight excluding hydrogens is 216 g/mol. The van der Waals surface area contributed by atoms with Gasteiger partial charge in [0.15, 0.2) is 0 Å². The van der Waals surface area contributed by atoms with Crippen molar-refractivity contribution in [3.63, 3.8) is 0 Å². The summed E-state index contributed by atoms with van der Waals surface area (Å²) in [5.41, 5.74) is -3.49. The fourth-order valence-electron chi connectivity index (χ4n) is 1.07. The Bertz CT molecular complexity index is 399. The number of hydrogen-bond acceptors (Lipinski definition) is 4. The zero-order valence-electron chi connectivity index (χ0n) is 11.9. The van der Waals surface area contributed by atoms with Gasteiger partial charge in [-0.2, -0.15) is 25.3 Å². The molecule has 0 radical (unpaired) electrons. The Kier molecular flexibility index (Phi) is 2.67. The summed E-state index contributed by atoms with van der Waals surface area (Å²) >= 11 is 7.69. The van der Waals surface area contributed by atoms with Crippen molar-refractivity contribution in [3.8, 4) is 11.5 Å². The molecule has 0 saturated heterocycles. The molecule has 1 aromatic carbocycles. The van der Waals surface area contributed by atoms with Crippen molar-refractivity contribution in [2.24, 2.45) is 0 Å². The van der Waals surface area contributed by atoms with E-state index in [1.54, 1.807) is 0 Å². The summed E-state index contributed by atoms with van der Waals surface area (Å²) in [6.45, 7) is 0. The first-order valence-electron chi connectivity index (χ1n) is 5.83. The Morgan fingerprint density at radius 1 is 1.07 bits per heavy atom. The van der Waals surface area contributed by atoms with E-state index in [1.165, 1.54) is 26.4 Å². The van der Waals surface area contributed by atoms with Crippen molar-refractivity contribution in [1.82, 2.24) is 0 Å². The quantitative estimate of drug-likeness (QED) is 0.780. The Morgan fingerprint density at radius 2 is 1.43 bits per heavy atom. The summed E-state index contributed by atoms with van der Waals surface area (Å²) in [7, 11) is 2.76. The second kappa shape index (κ2) is 5.41. The molecule has 0 aliphatic carbocycles. The van der Waals surface area contributed by atoms with Gasteiger partial charge in [0.1, 0.15) is 11.5 Å². The average Bonchev–Trinajstić information content (AvgIpc) is 2.24. The molecule has 1 rings (SSSR count). The summed E-state index contributed by atoms with van der Waals surface area (Å²) in [5, 5.41) is 0. The molecule has 0 fully saturated rings. The van der Waals surface area contributed by atoms with E-state index in [1.807, 2.05) is 0 Å². The van der Waals surface area contributed by atoms with Crippen LogP contribution in [0, 0.1) is 0 Å². The molecule has 0 saturated carbocycles.